The predicted molar refractivity (Wildman–Crippen MR) is 92.2 cm³/mol. The largest absolute Gasteiger partial charge is 0.327 e. The Morgan fingerprint density at radius 3 is 2.60 bits per heavy atom. The molecule has 0 bridgehead atoms. The molecule has 0 fully saturated rings. The van der Waals surface area contributed by atoms with Crippen molar-refractivity contribution in [3.63, 3.8) is 0 Å². The summed E-state index contributed by atoms with van der Waals surface area (Å²) in [6.45, 7) is 0. The fourth-order valence-electron chi connectivity index (χ4n) is 2.06. The molecule has 0 spiro atoms. The van der Waals surface area contributed by atoms with Crippen molar-refractivity contribution in [3.8, 4) is 0 Å². The fourth-order valence-corrected chi connectivity index (χ4v) is 3.57. The molecule has 2 rings (SSSR count). The van der Waals surface area contributed by atoms with Gasteiger partial charge in [-0.25, -0.2) is 0 Å². The molecule has 0 saturated heterocycles. The Hall–Kier alpha value is -0.770. The lowest BCUT2D eigenvalue weighted by Crippen LogP contribution is -2.22. The highest BCUT2D eigenvalue weighted by Crippen LogP contribution is 2.23. The Balaban J connectivity index is 1.67. The van der Waals surface area contributed by atoms with Crippen LogP contribution in [0.25, 0.3) is 0 Å². The quantitative estimate of drug-likeness (QED) is 0.720. The average Bonchev–Trinajstić information content (AvgIpc) is 2.46. The molecule has 2 aromatic rings. The zero-order valence-corrected chi connectivity index (χ0v) is 13.9. The van der Waals surface area contributed by atoms with Gasteiger partial charge in [0.15, 0.2) is 0 Å². The van der Waals surface area contributed by atoms with Gasteiger partial charge in [-0.3, -0.25) is 0 Å². The molecule has 0 aromatic heterocycles. The summed E-state index contributed by atoms with van der Waals surface area (Å²) in [6, 6.07) is 19.3. The van der Waals surface area contributed by atoms with Gasteiger partial charge in [0.05, 0.1) is 0 Å². The van der Waals surface area contributed by atoms with Crippen molar-refractivity contribution < 1.29 is 0 Å². The Labute approximate surface area is 134 Å². The van der Waals surface area contributed by atoms with Crippen LogP contribution in [0.3, 0.4) is 0 Å². The second kappa shape index (κ2) is 8.50. The highest BCUT2D eigenvalue weighted by atomic mass is 79.9. The molecule has 0 aliphatic rings. The van der Waals surface area contributed by atoms with Gasteiger partial charge in [0, 0.05) is 21.2 Å². The van der Waals surface area contributed by atoms with Crippen LogP contribution in [-0.4, -0.2) is 11.8 Å². The van der Waals surface area contributed by atoms with Crippen LogP contribution in [0.15, 0.2) is 64.0 Å². The summed E-state index contributed by atoms with van der Waals surface area (Å²) in [5, 5.41) is 0. The molecule has 0 radical (unpaired) electrons. The van der Waals surface area contributed by atoms with Crippen LogP contribution in [0, 0.1) is 0 Å². The molecule has 2 N–H and O–H groups in total. The molecular weight excluding hydrogens is 330 g/mol. The van der Waals surface area contributed by atoms with Crippen molar-refractivity contribution in [2.75, 3.05) is 5.75 Å². The van der Waals surface area contributed by atoms with E-state index >= 15 is 0 Å². The number of rotatable bonds is 7. The molecule has 0 aliphatic heterocycles. The maximum absolute atomic E-state index is 6.19. The van der Waals surface area contributed by atoms with Crippen molar-refractivity contribution in [2.24, 2.45) is 5.73 Å². The normalized spacial score (nSPS) is 12.3. The number of benzene rings is 2. The first-order valence-electron chi connectivity index (χ1n) is 6.92. The highest BCUT2D eigenvalue weighted by molar-refractivity contribution is 9.10. The molecule has 0 amide bonds. The van der Waals surface area contributed by atoms with E-state index in [4.69, 9.17) is 5.73 Å². The molecule has 20 heavy (non-hydrogen) atoms. The van der Waals surface area contributed by atoms with Gasteiger partial charge < -0.3 is 5.73 Å². The molecule has 106 valence electrons. The lowest BCUT2D eigenvalue weighted by atomic mass is 10.1. The van der Waals surface area contributed by atoms with Crippen LogP contribution in [-0.2, 0) is 6.42 Å². The van der Waals surface area contributed by atoms with E-state index in [-0.39, 0.29) is 6.04 Å². The summed E-state index contributed by atoms with van der Waals surface area (Å²) in [5.41, 5.74) is 7.59. The van der Waals surface area contributed by atoms with Crippen molar-refractivity contribution in [2.45, 2.75) is 30.2 Å². The minimum Gasteiger partial charge on any atom is -0.327 e. The van der Waals surface area contributed by atoms with Crippen molar-refractivity contribution in [1.29, 1.82) is 0 Å². The van der Waals surface area contributed by atoms with E-state index in [0.29, 0.717) is 0 Å². The number of thioether (sulfide) groups is 1. The van der Waals surface area contributed by atoms with Crippen LogP contribution in [0.4, 0.5) is 0 Å². The molecule has 0 heterocycles. The second-order valence-corrected chi connectivity index (χ2v) is 6.92. The third-order valence-corrected chi connectivity index (χ3v) is 4.82. The van der Waals surface area contributed by atoms with E-state index in [9.17, 15) is 0 Å². The standard InChI is InChI=1S/C17H20BrNS/c18-15-9-5-11-17(12-15)20-13-16(19)10-4-8-14-6-2-1-3-7-14/h1-3,5-7,9,11-12,16H,4,8,10,13,19H2. The summed E-state index contributed by atoms with van der Waals surface area (Å²) in [4.78, 5) is 1.28. The van der Waals surface area contributed by atoms with Gasteiger partial charge in [0.25, 0.3) is 0 Å². The monoisotopic (exact) mass is 349 g/mol. The van der Waals surface area contributed by atoms with E-state index in [1.807, 2.05) is 17.8 Å². The lowest BCUT2D eigenvalue weighted by molar-refractivity contribution is 0.631. The zero-order chi connectivity index (χ0) is 14.2. The van der Waals surface area contributed by atoms with Gasteiger partial charge in [0.1, 0.15) is 0 Å². The first kappa shape index (κ1) is 15.6. The molecule has 1 unspecified atom stereocenters. The van der Waals surface area contributed by atoms with Gasteiger partial charge in [-0.05, 0) is 43.0 Å². The van der Waals surface area contributed by atoms with E-state index in [2.05, 4.69) is 64.5 Å². The lowest BCUT2D eigenvalue weighted by Gasteiger charge is -2.11. The fraction of sp³-hybridized carbons (Fsp3) is 0.294. The van der Waals surface area contributed by atoms with Gasteiger partial charge in [-0.15, -0.1) is 11.8 Å². The van der Waals surface area contributed by atoms with Gasteiger partial charge in [-0.2, -0.15) is 0 Å². The third kappa shape index (κ3) is 5.70. The minimum absolute atomic E-state index is 0.266. The van der Waals surface area contributed by atoms with E-state index < -0.39 is 0 Å². The van der Waals surface area contributed by atoms with E-state index in [1.165, 1.54) is 10.5 Å². The molecular formula is C17H20BrNS. The number of halogens is 1. The minimum atomic E-state index is 0.266. The highest BCUT2D eigenvalue weighted by Gasteiger charge is 2.04. The molecule has 3 heteroatoms. The van der Waals surface area contributed by atoms with Crippen molar-refractivity contribution in [1.82, 2.24) is 0 Å². The van der Waals surface area contributed by atoms with E-state index in [1.54, 1.807) is 0 Å². The molecule has 2 aromatic carbocycles. The summed E-state index contributed by atoms with van der Waals surface area (Å²) in [6.07, 6.45) is 3.36. The SMILES string of the molecule is NC(CCCc1ccccc1)CSc1cccc(Br)c1. The first-order chi connectivity index (χ1) is 9.74. The average molecular weight is 350 g/mol. The van der Waals surface area contributed by atoms with Crippen LogP contribution in [0.2, 0.25) is 0 Å². The van der Waals surface area contributed by atoms with Crippen LogP contribution >= 0.6 is 27.7 Å². The second-order valence-electron chi connectivity index (χ2n) is 4.91. The summed E-state index contributed by atoms with van der Waals surface area (Å²) < 4.78 is 1.13. The zero-order valence-electron chi connectivity index (χ0n) is 11.5. The first-order valence-corrected chi connectivity index (χ1v) is 8.70. The Kier molecular flexibility index (Phi) is 6.64. The Morgan fingerprint density at radius 1 is 1.05 bits per heavy atom. The molecule has 1 nitrogen and oxygen atoms in total. The summed E-state index contributed by atoms with van der Waals surface area (Å²) >= 11 is 5.33. The summed E-state index contributed by atoms with van der Waals surface area (Å²) in [5.74, 6) is 0.977. The van der Waals surface area contributed by atoms with Crippen LogP contribution in [0.5, 0.6) is 0 Å². The molecule has 1 atom stereocenters. The number of nitrogens with two attached hydrogens (primary N) is 1. The van der Waals surface area contributed by atoms with Gasteiger partial charge >= 0.3 is 0 Å². The maximum Gasteiger partial charge on any atom is 0.0186 e. The van der Waals surface area contributed by atoms with Crippen molar-refractivity contribution in [3.05, 3.63) is 64.6 Å². The Morgan fingerprint density at radius 2 is 1.85 bits per heavy atom. The number of hydrogen-bond acceptors (Lipinski definition) is 2. The van der Waals surface area contributed by atoms with Gasteiger partial charge in [0.2, 0.25) is 0 Å². The molecule has 0 saturated carbocycles. The van der Waals surface area contributed by atoms with Gasteiger partial charge in [-0.1, -0.05) is 52.3 Å². The third-order valence-electron chi connectivity index (χ3n) is 3.14. The Bertz CT molecular complexity index is 515. The number of hydrogen-bond donors (Lipinski definition) is 1. The number of aryl methyl sites for hydroxylation is 1. The van der Waals surface area contributed by atoms with Crippen LogP contribution < -0.4 is 5.73 Å². The molecule has 0 aliphatic carbocycles. The smallest absolute Gasteiger partial charge is 0.0186 e. The van der Waals surface area contributed by atoms with Crippen LogP contribution in [0.1, 0.15) is 18.4 Å². The topological polar surface area (TPSA) is 26.0 Å². The van der Waals surface area contributed by atoms with E-state index in [0.717, 1.165) is 29.5 Å². The van der Waals surface area contributed by atoms with Crippen molar-refractivity contribution >= 4 is 27.7 Å². The summed E-state index contributed by atoms with van der Waals surface area (Å²) in [7, 11) is 0. The maximum atomic E-state index is 6.19. The predicted octanol–water partition coefficient (Wildman–Crippen LogP) is 4.89.